The van der Waals surface area contributed by atoms with Crippen LogP contribution in [0.15, 0.2) is 28.7 Å². The van der Waals surface area contributed by atoms with E-state index < -0.39 is 0 Å². The molecule has 0 aliphatic heterocycles. The van der Waals surface area contributed by atoms with Gasteiger partial charge < -0.3 is 9.73 Å². The van der Waals surface area contributed by atoms with Gasteiger partial charge in [0.15, 0.2) is 0 Å². The molecule has 1 heterocycles. The van der Waals surface area contributed by atoms with Crippen LogP contribution in [0.25, 0.3) is 11.0 Å². The number of furan rings is 1. The van der Waals surface area contributed by atoms with Crippen molar-refractivity contribution in [2.45, 2.75) is 58.3 Å². The van der Waals surface area contributed by atoms with Crippen LogP contribution in [0.4, 0.5) is 0 Å². The number of rotatable bonds is 6. The summed E-state index contributed by atoms with van der Waals surface area (Å²) < 4.78 is 6.09. The van der Waals surface area contributed by atoms with Crippen LogP contribution >= 0.6 is 0 Å². The van der Waals surface area contributed by atoms with Crippen LogP contribution in [0.3, 0.4) is 0 Å². The zero-order valence-electron chi connectivity index (χ0n) is 13.4. The molecule has 0 radical (unpaired) electrons. The van der Waals surface area contributed by atoms with Crippen LogP contribution in [-0.2, 0) is 13.1 Å². The van der Waals surface area contributed by atoms with E-state index >= 15 is 0 Å². The minimum absolute atomic E-state index is 0.468. The van der Waals surface area contributed by atoms with Crippen LogP contribution in [-0.4, -0.2) is 24.0 Å². The summed E-state index contributed by atoms with van der Waals surface area (Å²) in [5, 5.41) is 4.75. The number of para-hydroxylation sites is 1. The number of hydrogen-bond acceptors (Lipinski definition) is 3. The molecule has 3 heteroatoms. The summed E-state index contributed by atoms with van der Waals surface area (Å²) in [6.45, 7) is 6.13. The fourth-order valence-corrected chi connectivity index (χ4v) is 2.97. The maximum atomic E-state index is 6.09. The molecule has 0 unspecified atom stereocenters. The Morgan fingerprint density at radius 1 is 1.29 bits per heavy atom. The first kappa shape index (κ1) is 14.6. The van der Waals surface area contributed by atoms with E-state index in [0.717, 1.165) is 30.5 Å². The summed E-state index contributed by atoms with van der Waals surface area (Å²) in [5.74, 6) is 1.09. The lowest BCUT2D eigenvalue weighted by Crippen LogP contribution is -2.36. The van der Waals surface area contributed by atoms with Crippen LogP contribution in [0.2, 0.25) is 0 Å². The van der Waals surface area contributed by atoms with Crippen molar-refractivity contribution in [3.63, 3.8) is 0 Å². The molecule has 1 saturated carbocycles. The van der Waals surface area contributed by atoms with E-state index in [2.05, 4.69) is 49.3 Å². The van der Waals surface area contributed by atoms with Gasteiger partial charge in [-0.25, -0.2) is 0 Å². The zero-order chi connectivity index (χ0) is 14.8. The van der Waals surface area contributed by atoms with Crippen LogP contribution in [0.1, 0.15) is 44.4 Å². The normalized spacial score (nSPS) is 16.0. The summed E-state index contributed by atoms with van der Waals surface area (Å²) in [6.07, 6.45) is 4.06. The average Bonchev–Trinajstić information content (AvgIpc) is 2.73. The van der Waals surface area contributed by atoms with Gasteiger partial charge in [0.25, 0.3) is 0 Å². The van der Waals surface area contributed by atoms with Crippen LogP contribution < -0.4 is 5.32 Å². The van der Waals surface area contributed by atoms with Crippen molar-refractivity contribution in [2.75, 3.05) is 7.05 Å². The predicted octanol–water partition coefficient (Wildman–Crippen LogP) is 3.92. The Hall–Kier alpha value is -1.32. The molecular weight excluding hydrogens is 260 g/mol. The average molecular weight is 286 g/mol. The van der Waals surface area contributed by atoms with E-state index in [1.807, 2.05) is 6.07 Å². The van der Waals surface area contributed by atoms with E-state index in [-0.39, 0.29) is 0 Å². The second kappa shape index (κ2) is 6.20. The number of fused-ring (bicyclic) bond motifs is 1. The topological polar surface area (TPSA) is 28.4 Å². The highest BCUT2D eigenvalue weighted by Crippen LogP contribution is 2.30. The molecule has 1 N–H and O–H groups in total. The third kappa shape index (κ3) is 3.14. The molecule has 1 fully saturated rings. The van der Waals surface area contributed by atoms with E-state index in [4.69, 9.17) is 4.42 Å². The first-order valence-electron chi connectivity index (χ1n) is 8.08. The lowest BCUT2D eigenvalue weighted by molar-refractivity contribution is 0.152. The van der Waals surface area contributed by atoms with Gasteiger partial charge in [-0.15, -0.1) is 0 Å². The molecule has 3 rings (SSSR count). The molecule has 1 aliphatic rings. The van der Waals surface area contributed by atoms with Gasteiger partial charge in [0.05, 0.1) is 6.54 Å². The number of nitrogens with zero attached hydrogens (tertiary/aromatic N) is 1. The Kier molecular flexibility index (Phi) is 4.32. The van der Waals surface area contributed by atoms with Gasteiger partial charge in [-0.3, -0.25) is 4.90 Å². The van der Waals surface area contributed by atoms with Crippen molar-refractivity contribution in [1.29, 1.82) is 0 Å². The first-order valence-corrected chi connectivity index (χ1v) is 8.08. The van der Waals surface area contributed by atoms with E-state index in [1.54, 1.807) is 0 Å². The van der Waals surface area contributed by atoms with Gasteiger partial charge in [-0.2, -0.15) is 0 Å². The highest BCUT2D eigenvalue weighted by molar-refractivity contribution is 5.82. The molecule has 1 aromatic carbocycles. The maximum absolute atomic E-state index is 6.09. The monoisotopic (exact) mass is 286 g/mol. The second-order valence-corrected chi connectivity index (χ2v) is 6.54. The van der Waals surface area contributed by atoms with Crippen molar-refractivity contribution < 1.29 is 4.42 Å². The zero-order valence-corrected chi connectivity index (χ0v) is 13.4. The molecule has 0 saturated heterocycles. The minimum Gasteiger partial charge on any atom is -0.459 e. The Balaban J connectivity index is 1.86. The molecule has 1 aromatic heterocycles. The summed E-state index contributed by atoms with van der Waals surface area (Å²) >= 11 is 0. The van der Waals surface area contributed by atoms with Gasteiger partial charge in [0.2, 0.25) is 0 Å². The summed E-state index contributed by atoms with van der Waals surface area (Å²) in [4.78, 5) is 2.49. The minimum atomic E-state index is 0.468. The van der Waals surface area contributed by atoms with E-state index in [1.165, 1.54) is 30.2 Å². The molecular formula is C18H26N2O. The number of benzene rings is 1. The smallest absolute Gasteiger partial charge is 0.134 e. The van der Waals surface area contributed by atoms with Crippen molar-refractivity contribution in [3.8, 4) is 0 Å². The molecule has 21 heavy (non-hydrogen) atoms. The predicted molar refractivity (Wildman–Crippen MR) is 87.3 cm³/mol. The number of hydrogen-bond donors (Lipinski definition) is 1. The molecule has 1 aliphatic carbocycles. The van der Waals surface area contributed by atoms with Crippen molar-refractivity contribution in [1.82, 2.24) is 10.2 Å². The lowest BCUT2D eigenvalue weighted by Gasteiger charge is -2.34. The Morgan fingerprint density at radius 3 is 2.71 bits per heavy atom. The van der Waals surface area contributed by atoms with Gasteiger partial charge >= 0.3 is 0 Å². The van der Waals surface area contributed by atoms with Crippen molar-refractivity contribution in [2.24, 2.45) is 0 Å². The molecule has 114 valence electrons. The Labute approximate surface area is 127 Å². The second-order valence-electron chi connectivity index (χ2n) is 6.54. The van der Waals surface area contributed by atoms with Crippen molar-refractivity contribution >= 4 is 11.0 Å². The standard InChI is InChI=1S/C18H26N2O/c1-13(2)19-11-18-16(12-20(3)14-7-6-8-14)15-9-4-5-10-17(15)21-18/h4-5,9-10,13-14,19H,6-8,11-12H2,1-3H3. The molecule has 0 amide bonds. The highest BCUT2D eigenvalue weighted by Gasteiger charge is 2.24. The quantitative estimate of drug-likeness (QED) is 0.872. The SMILES string of the molecule is CC(C)NCc1oc2ccccc2c1CN(C)C1CCC1. The fraction of sp³-hybridized carbons (Fsp3) is 0.556. The van der Waals surface area contributed by atoms with Gasteiger partial charge in [-0.1, -0.05) is 38.5 Å². The third-order valence-electron chi connectivity index (χ3n) is 4.56. The molecule has 0 bridgehead atoms. The van der Waals surface area contributed by atoms with Gasteiger partial charge in [0.1, 0.15) is 11.3 Å². The number of nitrogens with one attached hydrogen (secondary N) is 1. The van der Waals surface area contributed by atoms with Gasteiger partial charge in [-0.05, 0) is 26.0 Å². The highest BCUT2D eigenvalue weighted by atomic mass is 16.3. The van der Waals surface area contributed by atoms with Gasteiger partial charge in [0, 0.05) is 29.6 Å². The third-order valence-corrected chi connectivity index (χ3v) is 4.56. The summed E-state index contributed by atoms with van der Waals surface area (Å²) in [7, 11) is 2.24. The molecule has 0 spiro atoms. The van der Waals surface area contributed by atoms with Crippen molar-refractivity contribution in [3.05, 3.63) is 35.6 Å². The van der Waals surface area contributed by atoms with E-state index in [0.29, 0.717) is 6.04 Å². The molecule has 2 aromatic rings. The first-order chi connectivity index (χ1) is 10.1. The van der Waals surface area contributed by atoms with E-state index in [9.17, 15) is 0 Å². The molecule has 0 atom stereocenters. The largest absolute Gasteiger partial charge is 0.459 e. The summed E-state index contributed by atoms with van der Waals surface area (Å²) in [6, 6.07) is 9.62. The maximum Gasteiger partial charge on any atom is 0.134 e. The molecule has 3 nitrogen and oxygen atoms in total. The van der Waals surface area contributed by atoms with Crippen LogP contribution in [0.5, 0.6) is 0 Å². The Bertz CT molecular complexity index is 598. The Morgan fingerprint density at radius 2 is 2.05 bits per heavy atom. The summed E-state index contributed by atoms with van der Waals surface area (Å²) in [5.41, 5.74) is 2.36. The lowest BCUT2D eigenvalue weighted by atomic mass is 9.91. The van der Waals surface area contributed by atoms with Crippen LogP contribution in [0, 0.1) is 0 Å². The fourth-order valence-electron chi connectivity index (χ4n) is 2.97.